The third-order valence-corrected chi connectivity index (χ3v) is 5.57. The molecule has 1 heterocycles. The smallest absolute Gasteiger partial charge is 0.107 e. The lowest BCUT2D eigenvalue weighted by Gasteiger charge is -2.31. The first kappa shape index (κ1) is 14.5. The Labute approximate surface area is 115 Å². The van der Waals surface area contributed by atoms with Gasteiger partial charge in [-0.1, -0.05) is 18.5 Å². The van der Waals surface area contributed by atoms with Gasteiger partial charge in [0, 0.05) is 21.9 Å². The average Bonchev–Trinajstić information content (AvgIpc) is 2.58. The number of hydrogen-bond acceptors (Lipinski definition) is 3. The molecule has 0 radical (unpaired) electrons. The Hall–Kier alpha value is 0.390. The Morgan fingerprint density at radius 1 is 1.62 bits per heavy atom. The molecule has 0 bridgehead atoms. The lowest BCUT2D eigenvalue weighted by atomic mass is 10.1. The minimum absolute atomic E-state index is 0.253. The molecule has 0 saturated carbocycles. The molecule has 0 spiro atoms. The van der Waals surface area contributed by atoms with Gasteiger partial charge in [-0.2, -0.15) is 0 Å². The van der Waals surface area contributed by atoms with E-state index in [0.29, 0.717) is 12.6 Å². The number of likely N-dealkylation sites (N-methyl/N-ethyl adjacent to an activating group) is 1. The van der Waals surface area contributed by atoms with Crippen molar-refractivity contribution in [3.8, 4) is 0 Å². The molecule has 0 saturated heterocycles. The molecule has 1 rings (SSSR count). The van der Waals surface area contributed by atoms with E-state index >= 15 is 0 Å². The monoisotopic (exact) mass is 324 g/mol. The van der Waals surface area contributed by atoms with Crippen LogP contribution in [0.1, 0.15) is 31.2 Å². The molecule has 0 aliphatic carbocycles. The first-order valence-corrected chi connectivity index (χ1v) is 7.36. The van der Waals surface area contributed by atoms with Gasteiger partial charge in [-0.3, -0.25) is 4.90 Å². The molecule has 0 fully saturated rings. The topological polar surface area (TPSA) is 29.3 Å². The molecule has 2 unspecified atom stereocenters. The van der Waals surface area contributed by atoms with Crippen molar-refractivity contribution in [3.05, 3.63) is 19.8 Å². The fourth-order valence-electron chi connectivity index (χ4n) is 1.61. The van der Waals surface area contributed by atoms with Gasteiger partial charge in [-0.05, 0) is 42.4 Å². The summed E-state index contributed by atoms with van der Waals surface area (Å²) >= 11 is 11.1. The van der Waals surface area contributed by atoms with Crippen molar-refractivity contribution in [2.24, 2.45) is 5.73 Å². The number of halogens is 2. The standard InChI is InChI=1S/C11H18BrClN2S/c1-4-7(2)15(3)9(6-14)10-5-8(12)11(13)16-10/h5,7,9H,4,6,14H2,1-3H3. The second-order valence-electron chi connectivity index (χ2n) is 3.94. The third kappa shape index (κ3) is 3.20. The van der Waals surface area contributed by atoms with E-state index in [1.807, 2.05) is 0 Å². The minimum Gasteiger partial charge on any atom is -0.329 e. The highest BCUT2D eigenvalue weighted by atomic mass is 79.9. The molecule has 1 aromatic heterocycles. The molecule has 5 heteroatoms. The van der Waals surface area contributed by atoms with Crippen molar-refractivity contribution in [2.45, 2.75) is 32.4 Å². The van der Waals surface area contributed by atoms with Crippen LogP contribution in [-0.2, 0) is 0 Å². The van der Waals surface area contributed by atoms with Gasteiger partial charge in [0.15, 0.2) is 0 Å². The van der Waals surface area contributed by atoms with Crippen LogP contribution in [-0.4, -0.2) is 24.5 Å². The molecule has 0 amide bonds. The number of rotatable bonds is 5. The molecule has 2 atom stereocenters. The summed E-state index contributed by atoms with van der Waals surface area (Å²) in [6, 6.07) is 2.85. The average molecular weight is 326 g/mol. The van der Waals surface area contributed by atoms with E-state index in [0.717, 1.165) is 15.2 Å². The Balaban J connectivity index is 2.89. The fraction of sp³-hybridized carbons (Fsp3) is 0.636. The SMILES string of the molecule is CCC(C)N(C)C(CN)c1cc(Br)c(Cl)s1. The summed E-state index contributed by atoms with van der Waals surface area (Å²) in [5.41, 5.74) is 5.86. The fourth-order valence-corrected chi connectivity index (χ4v) is 3.51. The summed E-state index contributed by atoms with van der Waals surface area (Å²) < 4.78 is 1.76. The molecule has 0 aliphatic rings. The molecular weight excluding hydrogens is 308 g/mol. The van der Waals surface area contributed by atoms with Crippen molar-refractivity contribution < 1.29 is 0 Å². The number of nitrogens with zero attached hydrogens (tertiary/aromatic N) is 1. The highest BCUT2D eigenvalue weighted by Crippen LogP contribution is 2.37. The summed E-state index contributed by atoms with van der Waals surface area (Å²) in [4.78, 5) is 3.54. The summed E-state index contributed by atoms with van der Waals surface area (Å²) in [5.74, 6) is 0. The van der Waals surface area contributed by atoms with Gasteiger partial charge in [0.25, 0.3) is 0 Å². The van der Waals surface area contributed by atoms with E-state index in [2.05, 4.69) is 47.8 Å². The quantitative estimate of drug-likeness (QED) is 0.890. The van der Waals surface area contributed by atoms with Crippen molar-refractivity contribution in [2.75, 3.05) is 13.6 Å². The minimum atomic E-state index is 0.253. The maximum atomic E-state index is 6.06. The van der Waals surface area contributed by atoms with Crippen LogP contribution >= 0.6 is 38.9 Å². The lowest BCUT2D eigenvalue weighted by molar-refractivity contribution is 0.187. The van der Waals surface area contributed by atoms with Gasteiger partial charge < -0.3 is 5.73 Å². The van der Waals surface area contributed by atoms with Gasteiger partial charge >= 0.3 is 0 Å². The molecule has 1 aromatic rings. The first-order valence-electron chi connectivity index (χ1n) is 5.38. The van der Waals surface area contributed by atoms with E-state index in [1.165, 1.54) is 4.88 Å². The molecule has 0 aliphatic heterocycles. The van der Waals surface area contributed by atoms with Crippen molar-refractivity contribution in [1.82, 2.24) is 4.90 Å². The van der Waals surface area contributed by atoms with Gasteiger partial charge in [-0.25, -0.2) is 0 Å². The second kappa shape index (κ2) is 6.36. The molecular formula is C11H18BrClN2S. The largest absolute Gasteiger partial charge is 0.329 e. The summed E-state index contributed by atoms with van der Waals surface area (Å²) in [5, 5.41) is 0. The van der Waals surface area contributed by atoms with E-state index < -0.39 is 0 Å². The Kier molecular flexibility index (Phi) is 5.74. The van der Waals surface area contributed by atoms with Crippen molar-refractivity contribution in [1.29, 1.82) is 0 Å². The van der Waals surface area contributed by atoms with Crippen molar-refractivity contribution >= 4 is 38.9 Å². The van der Waals surface area contributed by atoms with E-state index in [-0.39, 0.29) is 6.04 Å². The maximum Gasteiger partial charge on any atom is 0.107 e. The molecule has 0 aromatic carbocycles. The predicted molar refractivity (Wildman–Crippen MR) is 76.3 cm³/mol. The zero-order chi connectivity index (χ0) is 12.3. The van der Waals surface area contributed by atoms with E-state index in [9.17, 15) is 0 Å². The van der Waals surface area contributed by atoms with Gasteiger partial charge in [0.1, 0.15) is 4.34 Å². The lowest BCUT2D eigenvalue weighted by Crippen LogP contribution is -2.36. The van der Waals surface area contributed by atoms with Crippen LogP contribution in [0.4, 0.5) is 0 Å². The normalized spacial score (nSPS) is 15.4. The predicted octanol–water partition coefficient (Wildman–Crippen LogP) is 3.89. The first-order chi connectivity index (χ1) is 7.51. The number of thiophene rings is 1. The Bertz CT molecular complexity index is 323. The third-order valence-electron chi connectivity index (χ3n) is 2.99. The number of nitrogens with two attached hydrogens (primary N) is 1. The summed E-state index contributed by atoms with van der Waals surface area (Å²) in [7, 11) is 2.12. The van der Waals surface area contributed by atoms with E-state index in [1.54, 1.807) is 11.3 Å². The molecule has 2 N–H and O–H groups in total. The molecule has 92 valence electrons. The van der Waals surface area contributed by atoms with E-state index in [4.69, 9.17) is 17.3 Å². The van der Waals surface area contributed by atoms with Crippen LogP contribution in [0.3, 0.4) is 0 Å². The van der Waals surface area contributed by atoms with Gasteiger partial charge in [0.2, 0.25) is 0 Å². The maximum absolute atomic E-state index is 6.06. The van der Waals surface area contributed by atoms with Crippen LogP contribution in [0.2, 0.25) is 4.34 Å². The zero-order valence-corrected chi connectivity index (χ0v) is 13.0. The van der Waals surface area contributed by atoms with Gasteiger partial charge in [-0.15, -0.1) is 11.3 Å². The van der Waals surface area contributed by atoms with Crippen LogP contribution < -0.4 is 5.73 Å². The highest BCUT2D eigenvalue weighted by Gasteiger charge is 2.21. The zero-order valence-electron chi connectivity index (χ0n) is 9.84. The highest BCUT2D eigenvalue weighted by molar-refractivity contribution is 9.10. The summed E-state index contributed by atoms with van der Waals surface area (Å²) in [6.07, 6.45) is 1.12. The van der Waals surface area contributed by atoms with Crippen LogP contribution in [0.15, 0.2) is 10.5 Å². The second-order valence-corrected chi connectivity index (χ2v) is 6.48. The Morgan fingerprint density at radius 2 is 2.25 bits per heavy atom. The molecule has 2 nitrogen and oxygen atoms in total. The number of hydrogen-bond donors (Lipinski definition) is 1. The van der Waals surface area contributed by atoms with Crippen LogP contribution in [0.25, 0.3) is 0 Å². The van der Waals surface area contributed by atoms with Gasteiger partial charge in [0.05, 0.1) is 6.04 Å². The van der Waals surface area contributed by atoms with Crippen molar-refractivity contribution in [3.63, 3.8) is 0 Å². The Morgan fingerprint density at radius 3 is 2.62 bits per heavy atom. The van der Waals surface area contributed by atoms with Crippen LogP contribution in [0.5, 0.6) is 0 Å². The van der Waals surface area contributed by atoms with Crippen LogP contribution in [0, 0.1) is 0 Å². The molecule has 16 heavy (non-hydrogen) atoms. The summed E-state index contributed by atoms with van der Waals surface area (Å²) in [6.45, 7) is 5.02.